The van der Waals surface area contributed by atoms with Gasteiger partial charge in [-0.15, -0.1) is 0 Å². The largest absolute Gasteiger partial charge is 0.481 e. The zero-order chi connectivity index (χ0) is 19.1. The monoisotopic (exact) mass is 545 g/mol. The van der Waals surface area contributed by atoms with Crippen LogP contribution in [0.4, 0.5) is 0 Å². The number of hydrogen-bond acceptors (Lipinski definition) is 6. The van der Waals surface area contributed by atoms with Gasteiger partial charge >= 0.3 is 23.9 Å². The average Bonchev–Trinajstić information content (AvgIpc) is 2.47. The summed E-state index contributed by atoms with van der Waals surface area (Å²) in [7, 11) is 0. The second-order valence-electron chi connectivity index (χ2n) is 5.19. The molecular formula is C14H26N2O8Pt. The maximum Gasteiger partial charge on any atom is 0.303 e. The Morgan fingerprint density at radius 3 is 0.960 bits per heavy atom. The molecule has 0 unspecified atom stereocenters. The van der Waals surface area contributed by atoms with Gasteiger partial charge in [-0.3, -0.25) is 19.2 Å². The van der Waals surface area contributed by atoms with Gasteiger partial charge in [-0.25, -0.2) is 0 Å². The Morgan fingerprint density at radius 1 is 0.640 bits per heavy atom. The third kappa shape index (κ3) is 24.9. The van der Waals surface area contributed by atoms with E-state index in [9.17, 15) is 19.2 Å². The van der Waals surface area contributed by atoms with E-state index >= 15 is 0 Å². The van der Waals surface area contributed by atoms with Gasteiger partial charge in [-0.2, -0.15) is 0 Å². The van der Waals surface area contributed by atoms with Gasteiger partial charge in [0.05, 0.1) is 25.7 Å². The molecule has 1 aliphatic rings. The van der Waals surface area contributed by atoms with Gasteiger partial charge in [0.15, 0.2) is 0 Å². The van der Waals surface area contributed by atoms with E-state index in [2.05, 4.69) is 0 Å². The van der Waals surface area contributed by atoms with Crippen molar-refractivity contribution in [1.82, 2.24) is 0 Å². The fourth-order valence-corrected chi connectivity index (χ4v) is 1.62. The molecule has 0 aromatic heterocycles. The van der Waals surface area contributed by atoms with Gasteiger partial charge in [0.25, 0.3) is 0 Å². The standard InChI is InChI=1S/C6H14N2.2C4H6O4.Pt/c7-5-3-1-2-4-6(5)8;2*5-3(6)1-2-4(7)8;/h5-6H,1-4,7-8H2;2*1-2H2,(H,5,6)(H,7,8);/t5-,6-;;;/m1.../s1. The Hall–Kier alpha value is -1.51. The second-order valence-corrected chi connectivity index (χ2v) is 5.19. The molecule has 0 radical (unpaired) electrons. The molecular weight excluding hydrogens is 519 g/mol. The fraction of sp³-hybridized carbons (Fsp3) is 0.714. The minimum Gasteiger partial charge on any atom is -0.481 e. The van der Waals surface area contributed by atoms with Crippen LogP contribution in [-0.2, 0) is 40.2 Å². The van der Waals surface area contributed by atoms with Gasteiger partial charge in [0, 0.05) is 33.1 Å². The first-order valence-corrected chi connectivity index (χ1v) is 7.44. The summed E-state index contributed by atoms with van der Waals surface area (Å²) in [5.41, 5.74) is 11.3. The van der Waals surface area contributed by atoms with E-state index in [1.54, 1.807) is 0 Å². The smallest absolute Gasteiger partial charge is 0.303 e. The third-order valence-corrected chi connectivity index (χ3v) is 2.98. The summed E-state index contributed by atoms with van der Waals surface area (Å²) in [5.74, 6) is -4.31. The van der Waals surface area contributed by atoms with Crippen LogP contribution in [0.15, 0.2) is 0 Å². The van der Waals surface area contributed by atoms with E-state index in [-0.39, 0.29) is 58.8 Å². The maximum atomic E-state index is 9.64. The molecule has 150 valence electrons. The van der Waals surface area contributed by atoms with E-state index in [0.29, 0.717) is 0 Å². The first kappa shape index (κ1) is 28.3. The van der Waals surface area contributed by atoms with Crippen molar-refractivity contribution in [3.63, 3.8) is 0 Å². The summed E-state index contributed by atoms with van der Waals surface area (Å²) in [6.07, 6.45) is 3.61. The minimum atomic E-state index is -1.08. The summed E-state index contributed by atoms with van der Waals surface area (Å²) in [5, 5.41) is 31.6. The predicted molar refractivity (Wildman–Crippen MR) is 83.4 cm³/mol. The topological polar surface area (TPSA) is 201 Å². The van der Waals surface area contributed by atoms with Crippen LogP contribution < -0.4 is 11.5 Å². The van der Waals surface area contributed by atoms with Crippen molar-refractivity contribution in [2.24, 2.45) is 11.5 Å². The molecule has 0 heterocycles. The molecule has 8 N–H and O–H groups in total. The van der Waals surface area contributed by atoms with Crippen LogP contribution in [0.2, 0.25) is 0 Å². The van der Waals surface area contributed by atoms with Crippen LogP contribution in [0.1, 0.15) is 51.4 Å². The van der Waals surface area contributed by atoms with Crippen LogP contribution in [0.5, 0.6) is 0 Å². The molecule has 11 heteroatoms. The first-order chi connectivity index (χ1) is 11.1. The number of carboxylic acid groups (broad SMARTS) is 4. The zero-order valence-corrected chi connectivity index (χ0v) is 16.0. The predicted octanol–water partition coefficient (Wildman–Crippen LogP) is 0.0841. The Balaban J connectivity index is -0.000000285. The van der Waals surface area contributed by atoms with E-state index in [1.807, 2.05) is 0 Å². The molecule has 0 aromatic rings. The molecule has 25 heavy (non-hydrogen) atoms. The number of hydrogen-bond donors (Lipinski definition) is 6. The number of carboxylic acids is 4. The summed E-state index contributed by atoms with van der Waals surface area (Å²) in [6.45, 7) is 0. The van der Waals surface area contributed by atoms with Crippen molar-refractivity contribution in [3.05, 3.63) is 0 Å². The molecule has 0 spiro atoms. The summed E-state index contributed by atoms with van der Waals surface area (Å²) >= 11 is 0. The molecule has 1 saturated carbocycles. The third-order valence-electron chi connectivity index (χ3n) is 2.98. The number of rotatable bonds is 6. The van der Waals surface area contributed by atoms with Gasteiger partial charge in [0.2, 0.25) is 0 Å². The van der Waals surface area contributed by atoms with E-state index in [4.69, 9.17) is 31.9 Å². The molecule has 1 aliphatic carbocycles. The summed E-state index contributed by atoms with van der Waals surface area (Å²) in [4.78, 5) is 38.6. The van der Waals surface area contributed by atoms with Crippen LogP contribution in [0.3, 0.4) is 0 Å². The normalized spacial score (nSPS) is 18.2. The van der Waals surface area contributed by atoms with Gasteiger partial charge in [-0.1, -0.05) is 12.8 Å². The summed E-state index contributed by atoms with van der Waals surface area (Å²) in [6, 6.07) is 0.562. The molecule has 0 aromatic carbocycles. The Morgan fingerprint density at radius 2 is 0.840 bits per heavy atom. The van der Waals surface area contributed by atoms with Crippen molar-refractivity contribution in [3.8, 4) is 0 Å². The molecule has 2 atom stereocenters. The number of nitrogens with two attached hydrogens (primary N) is 2. The molecule has 10 nitrogen and oxygen atoms in total. The molecule has 0 saturated heterocycles. The minimum absolute atomic E-state index is 0. The van der Waals surface area contributed by atoms with Crippen molar-refractivity contribution in [2.45, 2.75) is 63.5 Å². The molecule has 0 aliphatic heterocycles. The van der Waals surface area contributed by atoms with Crippen LogP contribution in [-0.4, -0.2) is 56.4 Å². The van der Waals surface area contributed by atoms with Crippen molar-refractivity contribution in [1.29, 1.82) is 0 Å². The van der Waals surface area contributed by atoms with Gasteiger partial charge in [-0.05, 0) is 12.8 Å². The van der Waals surface area contributed by atoms with E-state index in [0.717, 1.165) is 12.8 Å². The Kier molecular flexibility index (Phi) is 19.6. The van der Waals surface area contributed by atoms with E-state index in [1.165, 1.54) is 12.8 Å². The van der Waals surface area contributed by atoms with E-state index < -0.39 is 23.9 Å². The van der Waals surface area contributed by atoms with Crippen molar-refractivity contribution >= 4 is 23.9 Å². The van der Waals surface area contributed by atoms with Gasteiger partial charge < -0.3 is 31.9 Å². The van der Waals surface area contributed by atoms with Crippen molar-refractivity contribution in [2.75, 3.05) is 0 Å². The number of aliphatic carboxylic acids is 4. The molecule has 1 fully saturated rings. The van der Waals surface area contributed by atoms with Gasteiger partial charge in [0.1, 0.15) is 0 Å². The second kappa shape index (κ2) is 17.3. The van der Waals surface area contributed by atoms with Crippen LogP contribution in [0.25, 0.3) is 0 Å². The molecule has 1 rings (SSSR count). The molecule has 0 bridgehead atoms. The van der Waals surface area contributed by atoms with Crippen LogP contribution >= 0.6 is 0 Å². The Labute approximate surface area is 159 Å². The fourth-order valence-electron chi connectivity index (χ4n) is 1.62. The average molecular weight is 545 g/mol. The summed E-state index contributed by atoms with van der Waals surface area (Å²) < 4.78 is 0. The SMILES string of the molecule is N[C@@H]1CCCC[C@H]1N.O=C(O)CCC(=O)O.O=C(O)CCC(=O)O.[Pt]. The quantitative estimate of drug-likeness (QED) is 0.266. The Bertz CT molecular complexity index is 354. The van der Waals surface area contributed by atoms with Crippen molar-refractivity contribution < 1.29 is 60.7 Å². The molecule has 0 amide bonds. The zero-order valence-electron chi connectivity index (χ0n) is 13.7. The maximum absolute atomic E-state index is 9.64. The number of carbonyl (C=O) groups is 4. The first-order valence-electron chi connectivity index (χ1n) is 7.44. The van der Waals surface area contributed by atoms with Crippen LogP contribution in [0, 0.1) is 0 Å².